The lowest BCUT2D eigenvalue weighted by Crippen LogP contribution is -2.56. The van der Waals surface area contributed by atoms with Crippen LogP contribution >= 0.6 is 11.6 Å². The Balaban J connectivity index is 1.96. The number of piperazine rings is 1. The Morgan fingerprint density at radius 1 is 1.14 bits per heavy atom. The van der Waals surface area contributed by atoms with Gasteiger partial charge >= 0.3 is 0 Å². The molecule has 0 saturated carbocycles. The third-order valence-corrected chi connectivity index (χ3v) is 6.05. The minimum absolute atomic E-state index is 0.0813. The maximum absolute atomic E-state index is 13.0. The van der Waals surface area contributed by atoms with Crippen LogP contribution in [-0.2, 0) is 14.6 Å². The number of carbonyl (C=O) groups excluding carboxylic acids is 2. The van der Waals surface area contributed by atoms with E-state index in [9.17, 15) is 18.0 Å². The third-order valence-electron chi connectivity index (χ3n) is 4.80. The molecule has 7 nitrogen and oxygen atoms in total. The number of nitrogens with zero attached hydrogens (tertiary/aromatic N) is 2. The lowest BCUT2D eigenvalue weighted by Gasteiger charge is -2.37. The number of halogens is 1. The Morgan fingerprint density at radius 2 is 1.75 bits per heavy atom. The zero-order valence-electron chi connectivity index (χ0n) is 16.5. The largest absolute Gasteiger partial charge is 0.340 e. The fraction of sp³-hybridized carbons (Fsp3) is 0.579. The summed E-state index contributed by atoms with van der Waals surface area (Å²) in [7, 11) is -3.00. The zero-order valence-corrected chi connectivity index (χ0v) is 18.1. The van der Waals surface area contributed by atoms with E-state index in [4.69, 9.17) is 11.6 Å². The van der Waals surface area contributed by atoms with Crippen LogP contribution in [0.5, 0.6) is 0 Å². The lowest BCUT2D eigenvalue weighted by molar-refractivity contribution is -0.136. The van der Waals surface area contributed by atoms with Gasteiger partial charge in [0.25, 0.3) is 5.91 Å². The molecule has 0 spiro atoms. The number of carbonyl (C=O) groups is 2. The van der Waals surface area contributed by atoms with Gasteiger partial charge in [0, 0.05) is 39.0 Å². The van der Waals surface area contributed by atoms with Crippen molar-refractivity contribution in [3.8, 4) is 0 Å². The highest BCUT2D eigenvalue weighted by Gasteiger charge is 2.31. The summed E-state index contributed by atoms with van der Waals surface area (Å²) in [6.45, 7) is 6.49. The van der Waals surface area contributed by atoms with E-state index in [1.807, 2.05) is 18.7 Å². The van der Waals surface area contributed by atoms with Crippen LogP contribution in [0, 0.1) is 5.92 Å². The summed E-state index contributed by atoms with van der Waals surface area (Å²) in [4.78, 5) is 29.3. The molecule has 0 radical (unpaired) electrons. The Morgan fingerprint density at radius 3 is 2.29 bits per heavy atom. The zero-order chi connectivity index (χ0) is 20.9. The highest BCUT2D eigenvalue weighted by atomic mass is 35.5. The van der Waals surface area contributed by atoms with E-state index in [1.54, 1.807) is 29.2 Å². The fourth-order valence-corrected chi connectivity index (χ4v) is 3.87. The van der Waals surface area contributed by atoms with Crippen LogP contribution in [-0.4, -0.2) is 80.8 Å². The summed E-state index contributed by atoms with van der Waals surface area (Å²) in [6, 6.07) is 6.08. The number of sulfone groups is 1. The van der Waals surface area contributed by atoms with Gasteiger partial charge in [0.2, 0.25) is 5.91 Å². The molecule has 1 aromatic rings. The second kappa shape index (κ2) is 9.71. The Hall–Kier alpha value is -1.64. The van der Waals surface area contributed by atoms with Gasteiger partial charge in [0.15, 0.2) is 0 Å². The first-order valence-electron chi connectivity index (χ1n) is 9.32. The Bertz CT molecular complexity index is 805. The number of amides is 2. The molecular weight excluding hydrogens is 402 g/mol. The molecule has 1 unspecified atom stereocenters. The van der Waals surface area contributed by atoms with Gasteiger partial charge in [0.1, 0.15) is 15.9 Å². The summed E-state index contributed by atoms with van der Waals surface area (Å²) in [5.74, 6) is -0.464. The number of hydrogen-bond acceptors (Lipinski definition) is 5. The van der Waals surface area contributed by atoms with Gasteiger partial charge in [0.05, 0.1) is 16.3 Å². The minimum Gasteiger partial charge on any atom is -0.340 e. The summed E-state index contributed by atoms with van der Waals surface area (Å²) in [5, 5.41) is 3.16. The van der Waals surface area contributed by atoms with Gasteiger partial charge < -0.3 is 10.2 Å². The molecule has 1 atom stereocenters. The summed E-state index contributed by atoms with van der Waals surface area (Å²) in [5.41, 5.74) is 0.341. The summed E-state index contributed by atoms with van der Waals surface area (Å²) < 4.78 is 22.6. The van der Waals surface area contributed by atoms with Gasteiger partial charge in [-0.1, -0.05) is 37.6 Å². The van der Waals surface area contributed by atoms with Crippen LogP contribution < -0.4 is 5.32 Å². The first kappa shape index (κ1) is 22.6. The van der Waals surface area contributed by atoms with E-state index in [2.05, 4.69) is 5.32 Å². The predicted octanol–water partition coefficient (Wildman–Crippen LogP) is 1.28. The van der Waals surface area contributed by atoms with Crippen molar-refractivity contribution in [1.82, 2.24) is 15.1 Å². The Labute approximate surface area is 171 Å². The van der Waals surface area contributed by atoms with E-state index in [0.29, 0.717) is 43.3 Å². The molecule has 0 aliphatic carbocycles. The van der Waals surface area contributed by atoms with Crippen LogP contribution in [0.4, 0.5) is 0 Å². The van der Waals surface area contributed by atoms with Crippen LogP contribution in [0.3, 0.4) is 0 Å². The van der Waals surface area contributed by atoms with E-state index in [-0.39, 0.29) is 23.5 Å². The van der Waals surface area contributed by atoms with E-state index < -0.39 is 15.9 Å². The molecule has 1 aromatic carbocycles. The van der Waals surface area contributed by atoms with Crippen molar-refractivity contribution in [2.75, 3.05) is 44.7 Å². The van der Waals surface area contributed by atoms with Crippen molar-refractivity contribution in [3.05, 3.63) is 34.9 Å². The first-order valence-corrected chi connectivity index (χ1v) is 11.8. The van der Waals surface area contributed by atoms with Gasteiger partial charge in [-0.15, -0.1) is 0 Å². The van der Waals surface area contributed by atoms with Gasteiger partial charge in [-0.2, -0.15) is 0 Å². The number of benzene rings is 1. The minimum atomic E-state index is -3.00. The fourth-order valence-electron chi connectivity index (χ4n) is 3.06. The van der Waals surface area contributed by atoms with Crippen LogP contribution in [0.25, 0.3) is 0 Å². The van der Waals surface area contributed by atoms with Crippen molar-refractivity contribution >= 4 is 33.3 Å². The molecule has 0 aromatic heterocycles. The summed E-state index contributed by atoms with van der Waals surface area (Å²) >= 11 is 6.08. The molecule has 156 valence electrons. The molecule has 1 saturated heterocycles. The van der Waals surface area contributed by atoms with E-state index in [1.165, 1.54) is 6.26 Å². The van der Waals surface area contributed by atoms with Crippen molar-refractivity contribution in [2.45, 2.75) is 19.9 Å². The smallest absolute Gasteiger partial charge is 0.253 e. The average molecular weight is 430 g/mol. The normalized spacial score (nSPS) is 16.8. The molecule has 9 heteroatoms. The van der Waals surface area contributed by atoms with Crippen molar-refractivity contribution in [3.63, 3.8) is 0 Å². The molecule has 28 heavy (non-hydrogen) atoms. The molecule has 1 heterocycles. The molecular formula is C19H28ClN3O4S. The van der Waals surface area contributed by atoms with Crippen molar-refractivity contribution < 1.29 is 18.0 Å². The SMILES string of the molecule is CC(C)C(NC(=O)c1ccccc1Cl)C(=O)N1CCN(CCS(C)(=O)=O)CC1. The number of nitrogens with one attached hydrogen (secondary N) is 1. The quantitative estimate of drug-likeness (QED) is 0.705. The van der Waals surface area contributed by atoms with Gasteiger partial charge in [-0.3, -0.25) is 14.5 Å². The maximum atomic E-state index is 13.0. The molecule has 2 rings (SSSR count). The topological polar surface area (TPSA) is 86.8 Å². The Kier molecular flexibility index (Phi) is 7.86. The number of rotatable bonds is 7. The van der Waals surface area contributed by atoms with Crippen LogP contribution in [0.2, 0.25) is 5.02 Å². The van der Waals surface area contributed by atoms with Crippen molar-refractivity contribution in [2.24, 2.45) is 5.92 Å². The number of hydrogen-bond donors (Lipinski definition) is 1. The first-order chi connectivity index (χ1) is 13.1. The van der Waals surface area contributed by atoms with Gasteiger partial charge in [-0.25, -0.2) is 8.42 Å². The van der Waals surface area contributed by atoms with Gasteiger partial charge in [-0.05, 0) is 18.1 Å². The highest BCUT2D eigenvalue weighted by Crippen LogP contribution is 2.16. The maximum Gasteiger partial charge on any atom is 0.253 e. The lowest BCUT2D eigenvalue weighted by atomic mass is 10.0. The standard InChI is InChI=1S/C19H28ClN3O4S/c1-14(2)17(21-18(24)15-6-4-5-7-16(15)20)19(25)23-10-8-22(9-11-23)12-13-28(3,26)27/h4-7,14,17H,8-13H2,1-3H3,(H,21,24). The third kappa shape index (κ3) is 6.46. The predicted molar refractivity (Wildman–Crippen MR) is 110 cm³/mol. The molecule has 1 N–H and O–H groups in total. The van der Waals surface area contributed by atoms with Crippen LogP contribution in [0.1, 0.15) is 24.2 Å². The molecule has 1 aliphatic heterocycles. The highest BCUT2D eigenvalue weighted by molar-refractivity contribution is 7.90. The van der Waals surface area contributed by atoms with E-state index in [0.717, 1.165) is 0 Å². The molecule has 1 fully saturated rings. The van der Waals surface area contributed by atoms with Crippen molar-refractivity contribution in [1.29, 1.82) is 0 Å². The monoisotopic (exact) mass is 429 g/mol. The molecule has 1 aliphatic rings. The molecule has 0 bridgehead atoms. The molecule has 2 amide bonds. The van der Waals surface area contributed by atoms with Crippen LogP contribution in [0.15, 0.2) is 24.3 Å². The van der Waals surface area contributed by atoms with E-state index >= 15 is 0 Å². The second-order valence-corrected chi connectivity index (χ2v) is 10.1. The second-order valence-electron chi connectivity index (χ2n) is 7.47. The summed E-state index contributed by atoms with van der Waals surface area (Å²) in [6.07, 6.45) is 1.22. The average Bonchev–Trinajstić information content (AvgIpc) is 2.63.